The van der Waals surface area contributed by atoms with E-state index in [4.69, 9.17) is 23.2 Å². The van der Waals surface area contributed by atoms with Crippen LogP contribution >= 0.6 is 23.2 Å². The first-order valence-corrected chi connectivity index (χ1v) is 14.0. The Balaban J connectivity index is 1.65. The Morgan fingerprint density at radius 3 is 2.21 bits per heavy atom. The van der Waals surface area contributed by atoms with Crippen LogP contribution in [0.25, 0.3) is 0 Å². The highest BCUT2D eigenvalue weighted by molar-refractivity contribution is 7.90. The van der Waals surface area contributed by atoms with E-state index in [-0.39, 0.29) is 36.4 Å². The highest BCUT2D eigenvalue weighted by Gasteiger charge is 2.41. The number of carbonyl (C=O) groups is 3. The minimum absolute atomic E-state index is 0.0620. The van der Waals surface area contributed by atoms with Crippen molar-refractivity contribution in [3.8, 4) is 0 Å². The Hall–Kier alpha value is -3.40. The van der Waals surface area contributed by atoms with E-state index < -0.39 is 33.8 Å². The van der Waals surface area contributed by atoms with Crippen LogP contribution in [0.4, 0.5) is 0 Å². The van der Waals surface area contributed by atoms with Crippen LogP contribution in [0, 0.1) is 0 Å². The van der Waals surface area contributed by atoms with E-state index in [1.807, 2.05) is 30.3 Å². The van der Waals surface area contributed by atoms with Crippen molar-refractivity contribution in [1.29, 1.82) is 0 Å². The van der Waals surface area contributed by atoms with Gasteiger partial charge >= 0.3 is 0 Å². The second-order valence-corrected chi connectivity index (χ2v) is 11.3. The summed E-state index contributed by atoms with van der Waals surface area (Å²) in [5, 5.41) is 3.24. The van der Waals surface area contributed by atoms with E-state index in [1.165, 1.54) is 30.1 Å². The van der Waals surface area contributed by atoms with Crippen molar-refractivity contribution >= 4 is 50.9 Å². The summed E-state index contributed by atoms with van der Waals surface area (Å²) >= 11 is 12.8. The maximum atomic E-state index is 13.7. The van der Waals surface area contributed by atoms with Gasteiger partial charge in [0.2, 0.25) is 11.8 Å². The molecule has 1 N–H and O–H groups in total. The zero-order valence-corrected chi connectivity index (χ0v) is 22.8. The van der Waals surface area contributed by atoms with Gasteiger partial charge in [-0.15, -0.1) is 0 Å². The van der Waals surface area contributed by atoms with Crippen LogP contribution in [0.15, 0.2) is 77.7 Å². The summed E-state index contributed by atoms with van der Waals surface area (Å²) in [6.07, 6.45) is -0.149. The number of hydrogen-bond acceptors (Lipinski definition) is 5. The van der Waals surface area contributed by atoms with Crippen molar-refractivity contribution in [3.63, 3.8) is 0 Å². The number of likely N-dealkylation sites (N-methyl/N-ethyl adjacent to an activating group) is 1. The van der Waals surface area contributed by atoms with Crippen LogP contribution in [0.5, 0.6) is 0 Å². The zero-order valence-electron chi connectivity index (χ0n) is 20.4. The Kier molecular flexibility index (Phi) is 8.40. The number of rotatable bonds is 9. The number of halogens is 2. The van der Waals surface area contributed by atoms with Crippen molar-refractivity contribution < 1.29 is 22.8 Å². The first kappa shape index (κ1) is 27.6. The number of benzene rings is 3. The molecule has 0 radical (unpaired) electrons. The third-order valence-corrected chi connectivity index (χ3v) is 8.90. The molecule has 0 saturated carbocycles. The van der Waals surface area contributed by atoms with Crippen molar-refractivity contribution in [2.75, 3.05) is 13.6 Å². The molecule has 0 fully saturated rings. The molecule has 3 aromatic rings. The first-order chi connectivity index (χ1) is 18.1. The average molecular weight is 574 g/mol. The molecule has 3 amide bonds. The molecule has 8 nitrogen and oxygen atoms in total. The lowest BCUT2D eigenvalue weighted by Gasteiger charge is -2.32. The van der Waals surface area contributed by atoms with E-state index in [2.05, 4.69) is 5.32 Å². The van der Waals surface area contributed by atoms with Crippen molar-refractivity contribution in [2.45, 2.75) is 30.3 Å². The molecule has 1 heterocycles. The molecule has 0 saturated heterocycles. The molecule has 0 unspecified atom stereocenters. The number of amides is 3. The van der Waals surface area contributed by atoms with E-state index in [9.17, 15) is 22.8 Å². The van der Waals surface area contributed by atoms with Crippen LogP contribution in [0.3, 0.4) is 0 Å². The van der Waals surface area contributed by atoms with E-state index in [0.717, 1.165) is 5.56 Å². The van der Waals surface area contributed by atoms with Gasteiger partial charge in [0.25, 0.3) is 15.9 Å². The van der Waals surface area contributed by atoms with Gasteiger partial charge in [-0.05, 0) is 29.8 Å². The fraction of sp³-hybridized carbons (Fsp3) is 0.222. The van der Waals surface area contributed by atoms with Crippen LogP contribution in [0.1, 0.15) is 27.9 Å². The number of nitrogens with one attached hydrogen (secondary N) is 1. The molecule has 3 aromatic carbocycles. The molecule has 0 aliphatic carbocycles. The van der Waals surface area contributed by atoms with Crippen molar-refractivity contribution in [1.82, 2.24) is 14.5 Å². The Morgan fingerprint density at radius 1 is 0.947 bits per heavy atom. The molecule has 0 spiro atoms. The molecule has 0 aromatic heterocycles. The topological polar surface area (TPSA) is 104 Å². The summed E-state index contributed by atoms with van der Waals surface area (Å²) in [4.78, 5) is 40.8. The van der Waals surface area contributed by atoms with Gasteiger partial charge in [-0.25, -0.2) is 12.7 Å². The van der Waals surface area contributed by atoms with Gasteiger partial charge in [0, 0.05) is 48.6 Å². The highest BCUT2D eigenvalue weighted by atomic mass is 35.5. The standard InChI is InChI=1S/C27H25Cl2N3O5S/c1-30-26(34)23(16-18-8-3-2-4-9-18)31(17-20-21(28)11-7-12-22(20)29)25(33)14-15-32-27(35)19-10-5-6-13-24(19)38(32,36)37/h2-13,23H,14-17H2,1H3,(H,30,34)/t23-/m0/s1. The van der Waals surface area contributed by atoms with E-state index >= 15 is 0 Å². The molecule has 1 aliphatic heterocycles. The predicted octanol–water partition coefficient (Wildman–Crippen LogP) is 3.91. The van der Waals surface area contributed by atoms with E-state index in [1.54, 1.807) is 24.3 Å². The fourth-order valence-electron chi connectivity index (χ4n) is 4.37. The monoisotopic (exact) mass is 573 g/mol. The Labute approximate surface area is 231 Å². The number of nitrogens with zero attached hydrogens (tertiary/aromatic N) is 2. The smallest absolute Gasteiger partial charge is 0.269 e. The molecule has 11 heteroatoms. The zero-order chi connectivity index (χ0) is 27.4. The maximum Gasteiger partial charge on any atom is 0.269 e. The fourth-order valence-corrected chi connectivity index (χ4v) is 6.45. The number of carbonyl (C=O) groups excluding carboxylic acids is 3. The highest BCUT2D eigenvalue weighted by Crippen LogP contribution is 2.31. The number of fused-ring (bicyclic) bond motifs is 1. The Morgan fingerprint density at radius 2 is 1.58 bits per heavy atom. The molecule has 0 bridgehead atoms. The molecule has 1 atom stereocenters. The van der Waals surface area contributed by atoms with Gasteiger partial charge < -0.3 is 10.2 Å². The molecule has 38 heavy (non-hydrogen) atoms. The quantitative estimate of drug-likeness (QED) is 0.418. The summed E-state index contributed by atoms with van der Waals surface area (Å²) in [5.74, 6) is -1.65. The van der Waals surface area contributed by atoms with Crippen LogP contribution < -0.4 is 5.32 Å². The third kappa shape index (κ3) is 5.55. The second-order valence-electron chi connectivity index (χ2n) is 8.67. The molecular weight excluding hydrogens is 549 g/mol. The summed E-state index contributed by atoms with van der Waals surface area (Å²) in [7, 11) is -2.62. The van der Waals surface area contributed by atoms with Gasteiger partial charge in [0.15, 0.2) is 0 Å². The first-order valence-electron chi connectivity index (χ1n) is 11.8. The van der Waals surface area contributed by atoms with E-state index in [0.29, 0.717) is 19.9 Å². The minimum Gasteiger partial charge on any atom is -0.357 e. The van der Waals surface area contributed by atoms with Gasteiger partial charge in [-0.2, -0.15) is 0 Å². The van der Waals surface area contributed by atoms with Crippen molar-refractivity contribution in [2.24, 2.45) is 0 Å². The van der Waals surface area contributed by atoms with Crippen LogP contribution in [0.2, 0.25) is 10.0 Å². The van der Waals surface area contributed by atoms with Crippen molar-refractivity contribution in [3.05, 3.63) is 99.5 Å². The van der Waals surface area contributed by atoms with Gasteiger partial charge in [-0.3, -0.25) is 14.4 Å². The van der Waals surface area contributed by atoms with Crippen LogP contribution in [-0.2, 0) is 32.6 Å². The van der Waals surface area contributed by atoms with Gasteiger partial charge in [0.1, 0.15) is 10.9 Å². The maximum absolute atomic E-state index is 13.7. The number of hydrogen-bond donors (Lipinski definition) is 1. The summed E-state index contributed by atoms with van der Waals surface area (Å²) in [6.45, 7) is -0.476. The summed E-state index contributed by atoms with van der Waals surface area (Å²) in [5.41, 5.74) is 1.33. The molecule has 1 aliphatic rings. The van der Waals surface area contributed by atoms with Gasteiger partial charge in [-0.1, -0.05) is 71.7 Å². The third-order valence-electron chi connectivity index (χ3n) is 6.35. The summed E-state index contributed by atoms with van der Waals surface area (Å²) < 4.78 is 26.6. The molecular formula is C27H25Cl2N3O5S. The van der Waals surface area contributed by atoms with Gasteiger partial charge in [0.05, 0.1) is 5.56 Å². The number of sulfonamides is 1. The predicted molar refractivity (Wildman–Crippen MR) is 144 cm³/mol. The summed E-state index contributed by atoms with van der Waals surface area (Å²) in [6, 6.07) is 19.1. The molecule has 198 valence electrons. The normalized spacial score (nSPS) is 14.6. The lowest BCUT2D eigenvalue weighted by Crippen LogP contribution is -2.50. The molecule has 4 rings (SSSR count). The lowest BCUT2D eigenvalue weighted by molar-refractivity contribution is -0.141. The largest absolute Gasteiger partial charge is 0.357 e. The second kappa shape index (κ2) is 11.6. The SMILES string of the molecule is CNC(=O)[C@H](Cc1ccccc1)N(Cc1c(Cl)cccc1Cl)C(=O)CCN1C(=O)c2ccccc2S1(=O)=O. The Bertz CT molecular complexity index is 1460. The minimum atomic E-state index is -4.09. The average Bonchev–Trinajstić information content (AvgIpc) is 3.11. The lowest BCUT2D eigenvalue weighted by atomic mass is 10.0. The van der Waals surface area contributed by atoms with Crippen LogP contribution in [-0.4, -0.2) is 55.0 Å².